The molecule has 2 aromatic carbocycles. The number of aromatic nitrogens is 2. The molecular formula is C25H31N3O2. The first kappa shape index (κ1) is 21.6. The predicted molar refractivity (Wildman–Crippen MR) is 122 cm³/mol. The fourth-order valence-electron chi connectivity index (χ4n) is 3.50. The highest BCUT2D eigenvalue weighted by molar-refractivity contribution is 5.92. The van der Waals surface area contributed by atoms with E-state index in [9.17, 15) is 4.79 Å². The molecule has 3 aromatic rings. The van der Waals surface area contributed by atoms with E-state index >= 15 is 0 Å². The van der Waals surface area contributed by atoms with E-state index in [0.717, 1.165) is 35.6 Å². The van der Waals surface area contributed by atoms with Crippen molar-refractivity contribution in [1.82, 2.24) is 14.9 Å². The van der Waals surface area contributed by atoms with Crippen LogP contribution in [-0.2, 0) is 17.8 Å². The third-order valence-electron chi connectivity index (χ3n) is 5.08. The molecular weight excluding hydrogens is 374 g/mol. The van der Waals surface area contributed by atoms with Crippen LogP contribution in [0.2, 0.25) is 0 Å². The van der Waals surface area contributed by atoms with Crippen molar-refractivity contribution in [1.29, 1.82) is 0 Å². The van der Waals surface area contributed by atoms with Gasteiger partial charge in [0.25, 0.3) is 0 Å². The molecule has 5 nitrogen and oxygen atoms in total. The predicted octanol–water partition coefficient (Wildman–Crippen LogP) is 4.86. The summed E-state index contributed by atoms with van der Waals surface area (Å²) in [6.45, 7) is 11.7. The van der Waals surface area contributed by atoms with Gasteiger partial charge in [0, 0.05) is 25.1 Å². The van der Waals surface area contributed by atoms with Gasteiger partial charge in [-0.15, -0.1) is 0 Å². The number of carbonyl (C=O) groups excluding carboxylic acids is 1. The molecule has 0 saturated heterocycles. The van der Waals surface area contributed by atoms with Crippen molar-refractivity contribution in [3.05, 3.63) is 72.1 Å². The second kappa shape index (κ2) is 10.1. The number of nitrogens with zero attached hydrogens (tertiary/aromatic N) is 2. The normalized spacial score (nSPS) is 11.1. The van der Waals surface area contributed by atoms with E-state index in [1.54, 1.807) is 6.92 Å². The standard InChI is InChI=1S/C25H31N3O2/c1-18(2)20-10-5-8-13-23(20)30-17-9-16-28-22-12-7-6-11-21(22)27-24(28)14-15-26-25(29)19(3)4/h5-8,10-13,18H,3,9,14-17H2,1-2,4H3,(H,26,29). The molecule has 1 heterocycles. The number of aryl methyl sites for hydroxylation is 1. The smallest absolute Gasteiger partial charge is 0.246 e. The van der Waals surface area contributed by atoms with E-state index in [1.807, 2.05) is 30.3 Å². The van der Waals surface area contributed by atoms with E-state index in [4.69, 9.17) is 9.72 Å². The average molecular weight is 406 g/mol. The Hall–Kier alpha value is -3.08. The first-order chi connectivity index (χ1) is 14.5. The maximum Gasteiger partial charge on any atom is 0.246 e. The van der Waals surface area contributed by atoms with Crippen LogP contribution in [0.15, 0.2) is 60.7 Å². The highest BCUT2D eigenvalue weighted by Gasteiger charge is 2.12. The Balaban J connectivity index is 1.65. The molecule has 3 rings (SSSR count). The van der Waals surface area contributed by atoms with Crippen LogP contribution in [0, 0.1) is 0 Å². The molecule has 1 amide bonds. The molecule has 1 aromatic heterocycles. The van der Waals surface area contributed by atoms with Gasteiger partial charge in [0.1, 0.15) is 11.6 Å². The summed E-state index contributed by atoms with van der Waals surface area (Å²) in [7, 11) is 0. The summed E-state index contributed by atoms with van der Waals surface area (Å²) in [5, 5.41) is 2.89. The second-order valence-electron chi connectivity index (χ2n) is 7.85. The molecule has 1 N–H and O–H groups in total. The number of hydrogen-bond acceptors (Lipinski definition) is 3. The zero-order chi connectivity index (χ0) is 21.5. The van der Waals surface area contributed by atoms with Gasteiger partial charge in [0.2, 0.25) is 5.91 Å². The Morgan fingerprint density at radius 3 is 2.67 bits per heavy atom. The number of imidazole rings is 1. The quantitative estimate of drug-likeness (QED) is 0.387. The Morgan fingerprint density at radius 1 is 1.17 bits per heavy atom. The Labute approximate surface area is 178 Å². The maximum atomic E-state index is 11.8. The molecule has 158 valence electrons. The molecule has 30 heavy (non-hydrogen) atoms. The van der Waals surface area contributed by atoms with E-state index in [-0.39, 0.29) is 5.91 Å². The third-order valence-corrected chi connectivity index (χ3v) is 5.08. The summed E-state index contributed by atoms with van der Waals surface area (Å²) in [4.78, 5) is 16.5. The summed E-state index contributed by atoms with van der Waals surface area (Å²) in [6, 6.07) is 16.4. The van der Waals surface area contributed by atoms with Crippen molar-refractivity contribution in [2.75, 3.05) is 13.2 Å². The van der Waals surface area contributed by atoms with Crippen LogP contribution in [0.25, 0.3) is 11.0 Å². The van der Waals surface area contributed by atoms with Crippen molar-refractivity contribution < 1.29 is 9.53 Å². The molecule has 0 aliphatic carbocycles. The van der Waals surface area contributed by atoms with Crippen molar-refractivity contribution >= 4 is 16.9 Å². The molecule has 0 spiro atoms. The van der Waals surface area contributed by atoms with Gasteiger partial charge in [-0.1, -0.05) is 50.8 Å². The lowest BCUT2D eigenvalue weighted by molar-refractivity contribution is -0.117. The van der Waals surface area contributed by atoms with Gasteiger partial charge in [-0.05, 0) is 43.0 Å². The molecule has 0 fully saturated rings. The maximum absolute atomic E-state index is 11.8. The largest absolute Gasteiger partial charge is 0.493 e. The second-order valence-corrected chi connectivity index (χ2v) is 7.85. The number of amides is 1. The Bertz CT molecular complexity index is 1020. The van der Waals surface area contributed by atoms with Crippen LogP contribution < -0.4 is 10.1 Å². The van der Waals surface area contributed by atoms with Gasteiger partial charge in [-0.25, -0.2) is 4.98 Å². The van der Waals surface area contributed by atoms with Gasteiger partial charge < -0.3 is 14.6 Å². The molecule has 0 unspecified atom stereocenters. The monoisotopic (exact) mass is 405 g/mol. The van der Waals surface area contributed by atoms with Crippen LogP contribution in [0.3, 0.4) is 0 Å². The van der Waals surface area contributed by atoms with Crippen LogP contribution in [-0.4, -0.2) is 28.6 Å². The number of ether oxygens (including phenoxy) is 1. The number of nitrogens with one attached hydrogen (secondary N) is 1. The van der Waals surface area contributed by atoms with Crippen LogP contribution in [0.1, 0.15) is 44.5 Å². The minimum Gasteiger partial charge on any atom is -0.493 e. The zero-order valence-electron chi connectivity index (χ0n) is 18.1. The van der Waals surface area contributed by atoms with Crippen molar-refractivity contribution in [2.24, 2.45) is 0 Å². The lowest BCUT2D eigenvalue weighted by Crippen LogP contribution is -2.26. The van der Waals surface area contributed by atoms with E-state index < -0.39 is 0 Å². The van der Waals surface area contributed by atoms with Crippen LogP contribution in [0.5, 0.6) is 5.75 Å². The minimum atomic E-state index is -0.116. The van der Waals surface area contributed by atoms with Crippen LogP contribution >= 0.6 is 0 Å². The lowest BCUT2D eigenvalue weighted by atomic mass is 10.0. The summed E-state index contributed by atoms with van der Waals surface area (Å²) in [6.07, 6.45) is 1.54. The molecule has 5 heteroatoms. The van der Waals surface area contributed by atoms with Gasteiger partial charge in [-0.3, -0.25) is 4.79 Å². The number of fused-ring (bicyclic) bond motifs is 1. The molecule has 0 bridgehead atoms. The van der Waals surface area contributed by atoms with E-state index in [0.29, 0.717) is 31.1 Å². The fraction of sp³-hybridized carbons (Fsp3) is 0.360. The number of carbonyl (C=O) groups is 1. The third kappa shape index (κ3) is 5.29. The van der Waals surface area contributed by atoms with Crippen molar-refractivity contribution in [2.45, 2.75) is 46.1 Å². The summed E-state index contributed by atoms with van der Waals surface area (Å²) in [5.41, 5.74) is 3.84. The minimum absolute atomic E-state index is 0.116. The van der Waals surface area contributed by atoms with Gasteiger partial charge in [0.15, 0.2) is 0 Å². The SMILES string of the molecule is C=C(C)C(=O)NCCc1nc2ccccc2n1CCCOc1ccccc1C(C)C. The first-order valence-electron chi connectivity index (χ1n) is 10.6. The van der Waals surface area contributed by atoms with E-state index in [2.05, 4.69) is 48.5 Å². The fourth-order valence-corrected chi connectivity index (χ4v) is 3.50. The topological polar surface area (TPSA) is 56.2 Å². The Morgan fingerprint density at radius 2 is 1.90 bits per heavy atom. The Kier molecular flexibility index (Phi) is 7.28. The number of para-hydroxylation sites is 3. The van der Waals surface area contributed by atoms with Crippen molar-refractivity contribution in [3.8, 4) is 5.75 Å². The van der Waals surface area contributed by atoms with Gasteiger partial charge in [-0.2, -0.15) is 0 Å². The van der Waals surface area contributed by atoms with Gasteiger partial charge in [0.05, 0.1) is 17.6 Å². The zero-order valence-corrected chi connectivity index (χ0v) is 18.1. The summed E-state index contributed by atoms with van der Waals surface area (Å²) in [5.74, 6) is 2.25. The number of benzene rings is 2. The average Bonchev–Trinajstić information content (AvgIpc) is 3.08. The van der Waals surface area contributed by atoms with Gasteiger partial charge >= 0.3 is 0 Å². The molecule has 0 atom stereocenters. The highest BCUT2D eigenvalue weighted by Crippen LogP contribution is 2.26. The highest BCUT2D eigenvalue weighted by atomic mass is 16.5. The molecule has 0 aliphatic rings. The number of hydrogen-bond donors (Lipinski definition) is 1. The number of rotatable bonds is 10. The lowest BCUT2D eigenvalue weighted by Gasteiger charge is -2.14. The van der Waals surface area contributed by atoms with E-state index in [1.165, 1.54) is 5.56 Å². The van der Waals surface area contributed by atoms with Crippen molar-refractivity contribution in [3.63, 3.8) is 0 Å². The molecule has 0 saturated carbocycles. The molecule has 0 aliphatic heterocycles. The summed E-state index contributed by atoms with van der Waals surface area (Å²) < 4.78 is 8.32. The molecule has 0 radical (unpaired) electrons. The summed E-state index contributed by atoms with van der Waals surface area (Å²) >= 11 is 0. The van der Waals surface area contributed by atoms with Crippen LogP contribution in [0.4, 0.5) is 0 Å². The first-order valence-corrected chi connectivity index (χ1v) is 10.6.